The Balaban J connectivity index is 1.99. The average molecular weight is 179 g/mol. The molecule has 72 valence electrons. The molecule has 1 atom stereocenters. The van der Waals surface area contributed by atoms with Crippen molar-refractivity contribution in [2.24, 2.45) is 0 Å². The molecule has 1 unspecified atom stereocenters. The normalized spacial score (nSPS) is 22.4. The Morgan fingerprint density at radius 3 is 3.31 bits per heavy atom. The van der Waals surface area contributed by atoms with Gasteiger partial charge in [0.15, 0.2) is 0 Å². The highest BCUT2D eigenvalue weighted by atomic mass is 15.3. The van der Waals surface area contributed by atoms with E-state index < -0.39 is 0 Å². The molecule has 0 radical (unpaired) electrons. The molecule has 1 saturated heterocycles. The van der Waals surface area contributed by atoms with Crippen LogP contribution >= 0.6 is 0 Å². The van der Waals surface area contributed by atoms with Crippen molar-refractivity contribution in [1.82, 2.24) is 15.1 Å². The summed E-state index contributed by atoms with van der Waals surface area (Å²) in [5.74, 6) is 0. The Bertz CT molecular complexity index is 261. The number of hydrogen-bond donors (Lipinski definition) is 1. The highest BCUT2D eigenvalue weighted by Crippen LogP contribution is 2.11. The number of aromatic nitrogens is 2. The maximum absolute atomic E-state index is 4.27. The predicted octanol–water partition coefficient (Wildman–Crippen LogP) is 1.20. The standard InChI is InChI=1S/C10H17N3/c1-2-13-10(5-7-12-13)8-9-4-3-6-11-9/h5,7,9,11H,2-4,6,8H2,1H3. The van der Waals surface area contributed by atoms with Crippen LogP contribution in [0, 0.1) is 0 Å². The van der Waals surface area contributed by atoms with Crippen LogP contribution in [0.1, 0.15) is 25.5 Å². The Kier molecular flexibility index (Phi) is 2.64. The monoisotopic (exact) mass is 179 g/mol. The van der Waals surface area contributed by atoms with E-state index in [9.17, 15) is 0 Å². The quantitative estimate of drug-likeness (QED) is 0.755. The molecule has 1 N–H and O–H groups in total. The zero-order valence-electron chi connectivity index (χ0n) is 8.16. The fourth-order valence-electron chi connectivity index (χ4n) is 2.00. The van der Waals surface area contributed by atoms with E-state index in [0.717, 1.165) is 13.0 Å². The van der Waals surface area contributed by atoms with Crippen molar-refractivity contribution in [2.75, 3.05) is 6.54 Å². The van der Waals surface area contributed by atoms with Gasteiger partial charge in [-0.1, -0.05) is 0 Å². The summed E-state index contributed by atoms with van der Waals surface area (Å²) in [6.07, 6.45) is 5.67. The van der Waals surface area contributed by atoms with E-state index in [1.807, 2.05) is 6.20 Å². The van der Waals surface area contributed by atoms with Gasteiger partial charge in [-0.2, -0.15) is 5.10 Å². The summed E-state index contributed by atoms with van der Waals surface area (Å²) in [4.78, 5) is 0. The van der Waals surface area contributed by atoms with E-state index in [4.69, 9.17) is 0 Å². The third-order valence-corrected chi connectivity index (χ3v) is 2.72. The van der Waals surface area contributed by atoms with Gasteiger partial charge >= 0.3 is 0 Å². The first-order valence-corrected chi connectivity index (χ1v) is 5.14. The number of aryl methyl sites for hydroxylation is 1. The van der Waals surface area contributed by atoms with E-state index in [1.54, 1.807) is 0 Å². The maximum Gasteiger partial charge on any atom is 0.0492 e. The van der Waals surface area contributed by atoms with Crippen molar-refractivity contribution < 1.29 is 0 Å². The highest BCUT2D eigenvalue weighted by Gasteiger charge is 2.15. The van der Waals surface area contributed by atoms with Gasteiger partial charge in [0.05, 0.1) is 0 Å². The van der Waals surface area contributed by atoms with Crippen molar-refractivity contribution in [1.29, 1.82) is 0 Å². The van der Waals surface area contributed by atoms with Crippen molar-refractivity contribution in [3.8, 4) is 0 Å². The molecule has 3 heteroatoms. The number of rotatable bonds is 3. The van der Waals surface area contributed by atoms with Gasteiger partial charge in [-0.05, 0) is 32.4 Å². The lowest BCUT2D eigenvalue weighted by Crippen LogP contribution is -2.25. The van der Waals surface area contributed by atoms with Gasteiger partial charge in [0.1, 0.15) is 0 Å². The Morgan fingerprint density at radius 1 is 1.69 bits per heavy atom. The molecule has 0 bridgehead atoms. The van der Waals surface area contributed by atoms with Gasteiger partial charge in [-0.25, -0.2) is 0 Å². The molecule has 0 aromatic carbocycles. The SMILES string of the molecule is CCn1nccc1CC1CCCN1. The molecule has 2 heterocycles. The minimum atomic E-state index is 0.682. The van der Waals surface area contributed by atoms with Crippen LogP contribution in [0.5, 0.6) is 0 Å². The molecule has 1 aliphatic rings. The van der Waals surface area contributed by atoms with E-state index in [0.29, 0.717) is 6.04 Å². The minimum absolute atomic E-state index is 0.682. The molecular formula is C10H17N3. The van der Waals surface area contributed by atoms with Crippen molar-refractivity contribution in [3.05, 3.63) is 18.0 Å². The minimum Gasteiger partial charge on any atom is -0.314 e. The van der Waals surface area contributed by atoms with Crippen LogP contribution in [-0.4, -0.2) is 22.4 Å². The number of nitrogens with zero attached hydrogens (tertiary/aromatic N) is 2. The first-order chi connectivity index (χ1) is 6.40. The molecule has 0 amide bonds. The van der Waals surface area contributed by atoms with Crippen LogP contribution < -0.4 is 5.32 Å². The lowest BCUT2D eigenvalue weighted by Gasteiger charge is -2.10. The zero-order valence-corrected chi connectivity index (χ0v) is 8.16. The largest absolute Gasteiger partial charge is 0.314 e. The molecule has 0 aliphatic carbocycles. The Hall–Kier alpha value is -0.830. The molecule has 0 spiro atoms. The smallest absolute Gasteiger partial charge is 0.0492 e. The Labute approximate surface area is 79.1 Å². The Morgan fingerprint density at radius 2 is 2.62 bits per heavy atom. The van der Waals surface area contributed by atoms with E-state index in [2.05, 4.69) is 28.1 Å². The van der Waals surface area contributed by atoms with E-state index in [-0.39, 0.29) is 0 Å². The summed E-state index contributed by atoms with van der Waals surface area (Å²) in [6.45, 7) is 4.30. The van der Waals surface area contributed by atoms with Crippen LogP contribution in [0.4, 0.5) is 0 Å². The van der Waals surface area contributed by atoms with Crippen LogP contribution in [0.25, 0.3) is 0 Å². The van der Waals surface area contributed by atoms with Crippen molar-refractivity contribution in [3.63, 3.8) is 0 Å². The van der Waals surface area contributed by atoms with Crippen LogP contribution in [-0.2, 0) is 13.0 Å². The van der Waals surface area contributed by atoms with E-state index >= 15 is 0 Å². The summed E-state index contributed by atoms with van der Waals surface area (Å²) in [5.41, 5.74) is 1.36. The second kappa shape index (κ2) is 3.92. The molecule has 13 heavy (non-hydrogen) atoms. The van der Waals surface area contributed by atoms with Gasteiger partial charge in [0.2, 0.25) is 0 Å². The van der Waals surface area contributed by atoms with Crippen LogP contribution in [0.15, 0.2) is 12.3 Å². The summed E-state index contributed by atoms with van der Waals surface area (Å²) in [7, 11) is 0. The molecule has 0 saturated carbocycles. The maximum atomic E-state index is 4.27. The van der Waals surface area contributed by atoms with Gasteiger partial charge < -0.3 is 5.32 Å². The zero-order chi connectivity index (χ0) is 9.10. The molecule has 1 fully saturated rings. The average Bonchev–Trinajstić information content (AvgIpc) is 2.76. The summed E-state index contributed by atoms with van der Waals surface area (Å²) < 4.78 is 2.08. The van der Waals surface area contributed by atoms with E-state index in [1.165, 1.54) is 25.1 Å². The first-order valence-electron chi connectivity index (χ1n) is 5.14. The van der Waals surface area contributed by atoms with Gasteiger partial charge in [0, 0.05) is 30.9 Å². The lowest BCUT2D eigenvalue weighted by molar-refractivity contribution is 0.548. The molecule has 1 aliphatic heterocycles. The second-order valence-electron chi connectivity index (χ2n) is 3.64. The molecule has 1 aromatic rings. The van der Waals surface area contributed by atoms with Gasteiger partial charge in [-0.15, -0.1) is 0 Å². The molecular weight excluding hydrogens is 162 g/mol. The van der Waals surface area contributed by atoms with Crippen LogP contribution in [0.2, 0.25) is 0 Å². The number of nitrogens with one attached hydrogen (secondary N) is 1. The predicted molar refractivity (Wildman–Crippen MR) is 52.6 cm³/mol. The first kappa shape index (κ1) is 8.75. The fourth-order valence-corrected chi connectivity index (χ4v) is 2.00. The lowest BCUT2D eigenvalue weighted by atomic mass is 10.1. The topological polar surface area (TPSA) is 29.9 Å². The van der Waals surface area contributed by atoms with Crippen molar-refractivity contribution >= 4 is 0 Å². The van der Waals surface area contributed by atoms with Crippen molar-refractivity contribution in [2.45, 2.75) is 38.8 Å². The summed E-state index contributed by atoms with van der Waals surface area (Å²) in [5, 5.41) is 7.77. The third-order valence-electron chi connectivity index (χ3n) is 2.72. The van der Waals surface area contributed by atoms with Gasteiger partial charge in [-0.3, -0.25) is 4.68 Å². The number of hydrogen-bond acceptors (Lipinski definition) is 2. The van der Waals surface area contributed by atoms with Gasteiger partial charge in [0.25, 0.3) is 0 Å². The molecule has 2 rings (SSSR count). The highest BCUT2D eigenvalue weighted by molar-refractivity contribution is 5.03. The molecule has 3 nitrogen and oxygen atoms in total. The molecule has 1 aromatic heterocycles. The van der Waals surface area contributed by atoms with Crippen LogP contribution in [0.3, 0.4) is 0 Å². The second-order valence-corrected chi connectivity index (χ2v) is 3.64. The summed E-state index contributed by atoms with van der Waals surface area (Å²) in [6, 6.07) is 2.81. The third kappa shape index (κ3) is 1.91. The fraction of sp³-hybridized carbons (Fsp3) is 0.700. The summed E-state index contributed by atoms with van der Waals surface area (Å²) >= 11 is 0.